The summed E-state index contributed by atoms with van der Waals surface area (Å²) in [6.07, 6.45) is 0.847. The molecule has 2 N–H and O–H groups in total. The molecule has 2 amide bonds. The Morgan fingerprint density at radius 2 is 1.71 bits per heavy atom. The van der Waals surface area contributed by atoms with Crippen molar-refractivity contribution >= 4 is 11.8 Å². The summed E-state index contributed by atoms with van der Waals surface area (Å²) in [5, 5.41) is 5.38. The van der Waals surface area contributed by atoms with Crippen LogP contribution in [0.15, 0.2) is 18.2 Å². The number of carbonyl (C=O) groups is 2. The highest BCUT2D eigenvalue weighted by Gasteiger charge is 2.17. The van der Waals surface area contributed by atoms with Crippen molar-refractivity contribution in [2.75, 3.05) is 20.8 Å². The average Bonchev–Trinajstić information content (AvgIpc) is 2.51. The molecule has 6 heteroatoms. The van der Waals surface area contributed by atoms with Crippen LogP contribution < -0.4 is 20.1 Å². The summed E-state index contributed by atoms with van der Waals surface area (Å²) in [7, 11) is 3.02. The van der Waals surface area contributed by atoms with Crippen LogP contribution in [0.25, 0.3) is 0 Å². The number of methoxy groups -OCH3 is 2. The van der Waals surface area contributed by atoms with Gasteiger partial charge < -0.3 is 20.1 Å². The average molecular weight is 294 g/mol. The third kappa shape index (κ3) is 4.98. The van der Waals surface area contributed by atoms with E-state index in [0.29, 0.717) is 23.6 Å². The Morgan fingerprint density at radius 3 is 2.19 bits per heavy atom. The molecule has 1 aromatic carbocycles. The zero-order chi connectivity index (χ0) is 15.8. The van der Waals surface area contributed by atoms with Crippen LogP contribution in [-0.4, -0.2) is 38.6 Å². The van der Waals surface area contributed by atoms with Crippen molar-refractivity contribution in [1.82, 2.24) is 10.6 Å². The quantitative estimate of drug-likeness (QED) is 0.796. The Morgan fingerprint density at radius 1 is 1.14 bits per heavy atom. The van der Waals surface area contributed by atoms with Gasteiger partial charge in [-0.3, -0.25) is 9.59 Å². The number of hydrogen-bond acceptors (Lipinski definition) is 4. The first-order valence-corrected chi connectivity index (χ1v) is 6.83. The van der Waals surface area contributed by atoms with E-state index in [1.807, 2.05) is 6.92 Å². The maximum atomic E-state index is 12.2. The van der Waals surface area contributed by atoms with Crippen LogP contribution in [0.5, 0.6) is 11.5 Å². The van der Waals surface area contributed by atoms with Gasteiger partial charge in [0.2, 0.25) is 5.91 Å². The summed E-state index contributed by atoms with van der Waals surface area (Å²) in [5.41, 5.74) is 0.376. The van der Waals surface area contributed by atoms with E-state index in [2.05, 4.69) is 10.6 Å². The number of nitrogens with one attached hydrogen (secondary N) is 2. The summed E-state index contributed by atoms with van der Waals surface area (Å²) in [6, 6.07) is 4.25. The lowest BCUT2D eigenvalue weighted by atomic mass is 10.1. The van der Waals surface area contributed by atoms with Crippen LogP contribution in [0, 0.1) is 0 Å². The molecule has 21 heavy (non-hydrogen) atoms. The molecule has 0 aliphatic carbocycles. The van der Waals surface area contributed by atoms with Gasteiger partial charge in [-0.2, -0.15) is 0 Å². The van der Waals surface area contributed by atoms with E-state index in [-0.39, 0.29) is 11.8 Å². The van der Waals surface area contributed by atoms with Gasteiger partial charge in [-0.05, 0) is 25.5 Å². The predicted molar refractivity (Wildman–Crippen MR) is 79.8 cm³/mol. The molecule has 0 saturated carbocycles. The van der Waals surface area contributed by atoms with Gasteiger partial charge in [-0.15, -0.1) is 0 Å². The zero-order valence-corrected chi connectivity index (χ0v) is 12.9. The topological polar surface area (TPSA) is 76.7 Å². The van der Waals surface area contributed by atoms with Crippen molar-refractivity contribution in [2.24, 2.45) is 0 Å². The van der Waals surface area contributed by atoms with Crippen LogP contribution >= 0.6 is 0 Å². The molecule has 0 aliphatic rings. The summed E-state index contributed by atoms with van der Waals surface area (Å²) in [5.74, 6) is 0.469. The number of hydrogen-bond donors (Lipinski definition) is 2. The number of ether oxygens (including phenoxy) is 2. The smallest absolute Gasteiger partial charge is 0.252 e. The molecule has 1 atom stereocenters. The molecule has 6 nitrogen and oxygen atoms in total. The summed E-state index contributed by atoms with van der Waals surface area (Å²) >= 11 is 0. The van der Waals surface area contributed by atoms with Crippen molar-refractivity contribution in [2.45, 2.75) is 26.3 Å². The van der Waals surface area contributed by atoms with Gasteiger partial charge in [-0.25, -0.2) is 0 Å². The van der Waals surface area contributed by atoms with Crippen molar-refractivity contribution in [1.29, 1.82) is 0 Å². The number of rotatable bonds is 7. The molecule has 0 bridgehead atoms. The SMILES string of the molecule is CCCNC(=O)[C@@H](C)NC(=O)c1cc(OC)cc(OC)c1. The minimum atomic E-state index is -0.610. The monoisotopic (exact) mass is 294 g/mol. The molecular weight excluding hydrogens is 272 g/mol. The second-order valence-electron chi connectivity index (χ2n) is 4.59. The minimum Gasteiger partial charge on any atom is -0.497 e. The highest BCUT2D eigenvalue weighted by Crippen LogP contribution is 2.22. The largest absolute Gasteiger partial charge is 0.497 e. The number of carbonyl (C=O) groups excluding carboxylic acids is 2. The lowest BCUT2D eigenvalue weighted by Gasteiger charge is -2.14. The second-order valence-corrected chi connectivity index (χ2v) is 4.59. The van der Waals surface area contributed by atoms with Crippen LogP contribution in [0.4, 0.5) is 0 Å². The Bertz CT molecular complexity index is 480. The Labute approximate surface area is 124 Å². The Hall–Kier alpha value is -2.24. The molecule has 1 aromatic rings. The lowest BCUT2D eigenvalue weighted by molar-refractivity contribution is -0.122. The molecule has 0 heterocycles. The number of amides is 2. The van der Waals surface area contributed by atoms with E-state index >= 15 is 0 Å². The number of benzene rings is 1. The molecule has 1 rings (SSSR count). The summed E-state index contributed by atoms with van der Waals surface area (Å²) in [6.45, 7) is 4.19. The molecule has 0 aromatic heterocycles. The fourth-order valence-corrected chi connectivity index (χ4v) is 1.69. The van der Waals surface area contributed by atoms with E-state index in [0.717, 1.165) is 6.42 Å². The predicted octanol–water partition coefficient (Wildman–Crippen LogP) is 1.35. The molecule has 0 saturated heterocycles. The van der Waals surface area contributed by atoms with Crippen LogP contribution in [0.2, 0.25) is 0 Å². The lowest BCUT2D eigenvalue weighted by Crippen LogP contribution is -2.45. The van der Waals surface area contributed by atoms with Gasteiger partial charge in [0, 0.05) is 18.2 Å². The third-order valence-corrected chi connectivity index (χ3v) is 2.90. The van der Waals surface area contributed by atoms with Crippen molar-refractivity contribution < 1.29 is 19.1 Å². The highest BCUT2D eigenvalue weighted by molar-refractivity contribution is 5.98. The van der Waals surface area contributed by atoms with Gasteiger partial charge in [-0.1, -0.05) is 6.92 Å². The van der Waals surface area contributed by atoms with Gasteiger partial charge in [0.15, 0.2) is 0 Å². The fourth-order valence-electron chi connectivity index (χ4n) is 1.69. The van der Waals surface area contributed by atoms with Crippen molar-refractivity contribution in [3.8, 4) is 11.5 Å². The third-order valence-electron chi connectivity index (χ3n) is 2.90. The van der Waals surface area contributed by atoms with Gasteiger partial charge in [0.05, 0.1) is 14.2 Å². The molecule has 0 fully saturated rings. The minimum absolute atomic E-state index is 0.208. The molecule has 0 aliphatic heterocycles. The standard InChI is InChI=1S/C15H22N2O4/c1-5-6-16-14(18)10(2)17-15(19)11-7-12(20-3)9-13(8-11)21-4/h7-10H,5-6H2,1-4H3,(H,16,18)(H,17,19)/t10-/m1/s1. The van der Waals surface area contributed by atoms with E-state index in [9.17, 15) is 9.59 Å². The van der Waals surface area contributed by atoms with Crippen LogP contribution in [0.1, 0.15) is 30.6 Å². The first-order chi connectivity index (χ1) is 10.0. The van der Waals surface area contributed by atoms with E-state index in [1.165, 1.54) is 14.2 Å². The molecular formula is C15H22N2O4. The maximum absolute atomic E-state index is 12.2. The molecule has 0 unspecified atom stereocenters. The second kappa shape index (κ2) is 8.14. The normalized spacial score (nSPS) is 11.4. The van der Waals surface area contributed by atoms with Crippen LogP contribution in [0.3, 0.4) is 0 Å². The van der Waals surface area contributed by atoms with E-state index < -0.39 is 6.04 Å². The van der Waals surface area contributed by atoms with Crippen molar-refractivity contribution in [3.63, 3.8) is 0 Å². The molecule has 116 valence electrons. The first-order valence-electron chi connectivity index (χ1n) is 6.83. The zero-order valence-electron chi connectivity index (χ0n) is 12.9. The molecule has 0 radical (unpaired) electrons. The fraction of sp³-hybridized carbons (Fsp3) is 0.467. The summed E-state index contributed by atoms with van der Waals surface area (Å²) < 4.78 is 10.2. The first kappa shape index (κ1) is 16.8. The molecule has 0 spiro atoms. The van der Waals surface area contributed by atoms with Crippen molar-refractivity contribution in [3.05, 3.63) is 23.8 Å². The maximum Gasteiger partial charge on any atom is 0.252 e. The van der Waals surface area contributed by atoms with E-state index in [4.69, 9.17) is 9.47 Å². The summed E-state index contributed by atoms with van der Waals surface area (Å²) in [4.78, 5) is 23.9. The van der Waals surface area contributed by atoms with Gasteiger partial charge in [0.25, 0.3) is 5.91 Å². The van der Waals surface area contributed by atoms with Gasteiger partial charge in [0.1, 0.15) is 17.5 Å². The Balaban J connectivity index is 2.77. The van der Waals surface area contributed by atoms with E-state index in [1.54, 1.807) is 25.1 Å². The highest BCUT2D eigenvalue weighted by atomic mass is 16.5. The Kier molecular flexibility index (Phi) is 6.52. The van der Waals surface area contributed by atoms with Crippen LogP contribution in [-0.2, 0) is 4.79 Å². The van der Waals surface area contributed by atoms with Gasteiger partial charge >= 0.3 is 0 Å².